The number of benzene rings is 1. The Bertz CT molecular complexity index is 549. The van der Waals surface area contributed by atoms with Gasteiger partial charge in [-0.05, 0) is 32.4 Å². The van der Waals surface area contributed by atoms with Crippen LogP contribution >= 0.6 is 0 Å². The van der Waals surface area contributed by atoms with Crippen molar-refractivity contribution in [2.75, 3.05) is 6.54 Å². The third-order valence-electron chi connectivity index (χ3n) is 3.47. The summed E-state index contributed by atoms with van der Waals surface area (Å²) in [5.41, 5.74) is 5.77. The van der Waals surface area contributed by atoms with Crippen molar-refractivity contribution in [1.29, 1.82) is 5.26 Å². The quantitative estimate of drug-likeness (QED) is 0.875. The summed E-state index contributed by atoms with van der Waals surface area (Å²) in [5, 5.41) is 8.74. The highest BCUT2D eigenvalue weighted by Crippen LogP contribution is 2.17. The van der Waals surface area contributed by atoms with Crippen molar-refractivity contribution >= 4 is 5.91 Å². The van der Waals surface area contributed by atoms with Crippen molar-refractivity contribution in [2.45, 2.75) is 45.7 Å². The second-order valence-corrected chi connectivity index (χ2v) is 5.40. The number of hydrogen-bond donors (Lipinski definition) is 1. The summed E-state index contributed by atoms with van der Waals surface area (Å²) in [7, 11) is 0. The molecule has 0 saturated heterocycles. The summed E-state index contributed by atoms with van der Waals surface area (Å²) in [6.45, 7) is 6.12. The van der Waals surface area contributed by atoms with Crippen molar-refractivity contribution < 1.29 is 9.18 Å². The summed E-state index contributed by atoms with van der Waals surface area (Å²) in [4.78, 5) is 14.0. The minimum absolute atomic E-state index is 0.156. The Balaban J connectivity index is 2.93. The molecule has 0 fully saturated rings. The van der Waals surface area contributed by atoms with Gasteiger partial charge in [0.2, 0.25) is 5.91 Å². The first kappa shape index (κ1) is 17.1. The molecule has 2 N–H and O–H groups in total. The van der Waals surface area contributed by atoms with Gasteiger partial charge in [0.25, 0.3) is 0 Å². The normalized spacial score (nSPS) is 13.3. The average molecular weight is 291 g/mol. The zero-order valence-corrected chi connectivity index (χ0v) is 12.8. The van der Waals surface area contributed by atoms with Crippen molar-refractivity contribution in [3.63, 3.8) is 0 Å². The second kappa shape index (κ2) is 7.19. The summed E-state index contributed by atoms with van der Waals surface area (Å²) >= 11 is 0. The molecule has 0 heterocycles. The molecule has 0 radical (unpaired) electrons. The van der Waals surface area contributed by atoms with Gasteiger partial charge >= 0.3 is 0 Å². The number of amides is 1. The molecule has 1 amide bonds. The molecule has 0 aliphatic rings. The molecule has 114 valence electrons. The van der Waals surface area contributed by atoms with Crippen LogP contribution in [0.5, 0.6) is 0 Å². The topological polar surface area (TPSA) is 70.1 Å². The SMILES string of the molecule is CCCC(C)(N)C(=O)N(CC)Cc1ccc(C#N)cc1F. The first-order valence-corrected chi connectivity index (χ1v) is 7.12. The molecular formula is C16H22FN3O. The molecule has 1 aromatic rings. The molecular weight excluding hydrogens is 269 g/mol. The van der Waals surface area contributed by atoms with E-state index in [1.807, 2.05) is 19.9 Å². The molecule has 1 rings (SSSR count). The molecule has 0 aromatic heterocycles. The van der Waals surface area contributed by atoms with E-state index in [9.17, 15) is 9.18 Å². The Hall–Kier alpha value is -1.93. The maximum absolute atomic E-state index is 13.9. The number of carbonyl (C=O) groups excluding carboxylic acids is 1. The van der Waals surface area contributed by atoms with Gasteiger partial charge in [0.15, 0.2) is 0 Å². The van der Waals surface area contributed by atoms with Crippen molar-refractivity contribution in [3.05, 3.63) is 35.1 Å². The van der Waals surface area contributed by atoms with Crippen molar-refractivity contribution in [1.82, 2.24) is 4.90 Å². The predicted octanol–water partition coefficient (Wildman–Crippen LogP) is 2.56. The molecule has 0 bridgehead atoms. The van der Waals surface area contributed by atoms with Crippen LogP contribution in [0.25, 0.3) is 0 Å². The van der Waals surface area contributed by atoms with Crippen LogP contribution < -0.4 is 5.73 Å². The fourth-order valence-corrected chi connectivity index (χ4v) is 2.27. The summed E-state index contributed by atoms with van der Waals surface area (Å²) in [6.07, 6.45) is 1.39. The molecule has 1 aromatic carbocycles. The highest BCUT2D eigenvalue weighted by molar-refractivity contribution is 5.85. The number of nitrogens with two attached hydrogens (primary N) is 1. The molecule has 0 aliphatic heterocycles. The third-order valence-corrected chi connectivity index (χ3v) is 3.47. The lowest BCUT2D eigenvalue weighted by molar-refractivity contribution is -0.137. The van der Waals surface area contributed by atoms with E-state index in [4.69, 9.17) is 11.0 Å². The van der Waals surface area contributed by atoms with Gasteiger partial charge in [0.1, 0.15) is 5.82 Å². The zero-order chi connectivity index (χ0) is 16.0. The van der Waals surface area contributed by atoms with E-state index >= 15 is 0 Å². The maximum Gasteiger partial charge on any atom is 0.242 e. The number of carbonyl (C=O) groups is 1. The number of halogens is 1. The first-order valence-electron chi connectivity index (χ1n) is 7.12. The minimum Gasteiger partial charge on any atom is -0.337 e. The van der Waals surface area contributed by atoms with Gasteiger partial charge in [-0.3, -0.25) is 4.79 Å². The Morgan fingerprint density at radius 1 is 1.48 bits per heavy atom. The molecule has 0 spiro atoms. The maximum atomic E-state index is 13.9. The fourth-order valence-electron chi connectivity index (χ4n) is 2.27. The minimum atomic E-state index is -0.937. The van der Waals surface area contributed by atoms with Gasteiger partial charge in [0.05, 0.1) is 17.2 Å². The summed E-state index contributed by atoms with van der Waals surface area (Å²) < 4.78 is 13.9. The van der Waals surface area contributed by atoms with Crippen LogP contribution in [0, 0.1) is 17.1 Å². The number of likely N-dealkylation sites (N-methyl/N-ethyl adjacent to an activating group) is 1. The monoisotopic (exact) mass is 291 g/mol. The van der Waals surface area contributed by atoms with Crippen molar-refractivity contribution in [2.24, 2.45) is 5.73 Å². The van der Waals surface area contributed by atoms with Gasteiger partial charge in [-0.25, -0.2) is 4.39 Å². The summed E-state index contributed by atoms with van der Waals surface area (Å²) in [5.74, 6) is -0.662. The van der Waals surface area contributed by atoms with Crippen molar-refractivity contribution in [3.8, 4) is 6.07 Å². The van der Waals surface area contributed by atoms with Gasteiger partial charge in [-0.15, -0.1) is 0 Å². The molecule has 0 aliphatic carbocycles. The number of nitrogens with zero attached hydrogens (tertiary/aromatic N) is 2. The van der Waals surface area contributed by atoms with Crippen LogP contribution in [-0.2, 0) is 11.3 Å². The highest BCUT2D eigenvalue weighted by atomic mass is 19.1. The van der Waals surface area contributed by atoms with Crippen LogP contribution in [0.3, 0.4) is 0 Å². The number of nitriles is 1. The largest absolute Gasteiger partial charge is 0.337 e. The van der Waals surface area contributed by atoms with E-state index in [1.165, 1.54) is 12.1 Å². The molecule has 1 atom stereocenters. The first-order chi connectivity index (χ1) is 9.85. The highest BCUT2D eigenvalue weighted by Gasteiger charge is 2.31. The van der Waals surface area contributed by atoms with E-state index in [2.05, 4.69) is 0 Å². The standard InChI is InChI=1S/C16H22FN3O/c1-4-8-16(3,19)15(21)20(5-2)11-13-7-6-12(10-18)9-14(13)17/h6-7,9H,4-5,8,11,19H2,1-3H3. The van der Waals surface area contributed by atoms with Crippen LogP contribution in [0.4, 0.5) is 4.39 Å². The summed E-state index contributed by atoms with van der Waals surface area (Å²) in [6, 6.07) is 6.15. The van der Waals surface area contributed by atoms with Crippen LogP contribution in [0.1, 0.15) is 44.7 Å². The van der Waals surface area contributed by atoms with E-state index in [0.717, 1.165) is 6.42 Å². The smallest absolute Gasteiger partial charge is 0.242 e. The molecule has 1 unspecified atom stereocenters. The Morgan fingerprint density at radius 2 is 2.14 bits per heavy atom. The lowest BCUT2D eigenvalue weighted by atomic mass is 9.95. The Morgan fingerprint density at radius 3 is 2.62 bits per heavy atom. The fraction of sp³-hybridized carbons (Fsp3) is 0.500. The predicted molar refractivity (Wildman–Crippen MR) is 79.7 cm³/mol. The van der Waals surface area contributed by atoms with Gasteiger partial charge in [0, 0.05) is 18.7 Å². The van der Waals surface area contributed by atoms with Gasteiger partial charge in [-0.1, -0.05) is 19.4 Å². The van der Waals surface area contributed by atoms with Gasteiger partial charge < -0.3 is 10.6 Å². The lowest BCUT2D eigenvalue weighted by Gasteiger charge is -2.31. The van der Waals surface area contributed by atoms with Crippen LogP contribution in [-0.4, -0.2) is 22.9 Å². The molecule has 21 heavy (non-hydrogen) atoms. The molecule has 4 nitrogen and oxygen atoms in total. The zero-order valence-electron chi connectivity index (χ0n) is 12.8. The molecule has 0 saturated carbocycles. The Labute approximate surface area is 125 Å². The van der Waals surface area contributed by atoms with Crippen LogP contribution in [0.15, 0.2) is 18.2 Å². The second-order valence-electron chi connectivity index (χ2n) is 5.40. The van der Waals surface area contributed by atoms with E-state index in [-0.39, 0.29) is 18.0 Å². The molecule has 5 heteroatoms. The number of rotatable bonds is 6. The Kier molecular flexibility index (Phi) is 5.86. The number of hydrogen-bond acceptors (Lipinski definition) is 3. The third kappa shape index (κ3) is 4.27. The van der Waals surface area contributed by atoms with E-state index < -0.39 is 11.4 Å². The van der Waals surface area contributed by atoms with Gasteiger partial charge in [-0.2, -0.15) is 5.26 Å². The van der Waals surface area contributed by atoms with Crippen LogP contribution in [0.2, 0.25) is 0 Å². The lowest BCUT2D eigenvalue weighted by Crippen LogP contribution is -2.52. The average Bonchev–Trinajstić information content (AvgIpc) is 2.45. The van der Waals surface area contributed by atoms with E-state index in [0.29, 0.717) is 18.5 Å². The van der Waals surface area contributed by atoms with E-state index in [1.54, 1.807) is 17.9 Å².